The van der Waals surface area contributed by atoms with Gasteiger partial charge in [-0.2, -0.15) is 0 Å². The van der Waals surface area contributed by atoms with Crippen LogP contribution in [-0.2, 0) is 38.0 Å². The molecule has 4 atom stereocenters. The lowest BCUT2D eigenvalue weighted by Crippen LogP contribution is -2.52. The van der Waals surface area contributed by atoms with Crippen molar-refractivity contribution in [1.82, 2.24) is 0 Å². The van der Waals surface area contributed by atoms with Gasteiger partial charge in [-0.25, -0.2) is 0 Å². The molecular weight excluding hydrogens is 771 g/mol. The summed E-state index contributed by atoms with van der Waals surface area (Å²) in [4.78, 5) is 0. The van der Waals surface area contributed by atoms with Crippen molar-refractivity contribution in [3.05, 3.63) is 71.8 Å². The first-order chi connectivity index (χ1) is 27.2. The van der Waals surface area contributed by atoms with E-state index < -0.39 is 17.2 Å². The van der Waals surface area contributed by atoms with Gasteiger partial charge in [-0.15, -0.1) is 0 Å². The van der Waals surface area contributed by atoms with Gasteiger partial charge in [-0.1, -0.05) is 171 Å². The molecule has 2 heterocycles. The highest BCUT2D eigenvalue weighted by Gasteiger charge is 2.55. The van der Waals surface area contributed by atoms with Gasteiger partial charge >= 0.3 is 17.2 Å². The van der Waals surface area contributed by atoms with Crippen LogP contribution in [-0.4, -0.2) is 38.6 Å². The van der Waals surface area contributed by atoms with Crippen LogP contribution in [0.5, 0.6) is 0 Å². The summed E-state index contributed by atoms with van der Waals surface area (Å²) >= 11 is 0. The maximum Gasteiger partial charge on any atom is 0.332 e. The fourth-order valence-corrected chi connectivity index (χ4v) is 13.9. The lowest BCUT2D eigenvalue weighted by atomic mass is 9.54. The minimum Gasteiger partial charge on any atom is -0.311 e. The van der Waals surface area contributed by atoms with E-state index in [1.54, 1.807) is 0 Å². The van der Waals surface area contributed by atoms with E-state index in [9.17, 15) is 0 Å². The van der Waals surface area contributed by atoms with Crippen molar-refractivity contribution >= 4 is 17.2 Å². The Labute approximate surface area is 363 Å². The van der Waals surface area contributed by atoms with Gasteiger partial charge in [0.25, 0.3) is 0 Å². The van der Waals surface area contributed by atoms with Crippen molar-refractivity contribution in [3.63, 3.8) is 0 Å². The minimum absolute atomic E-state index is 0.0398. The van der Waals surface area contributed by atoms with Crippen LogP contribution in [0.4, 0.5) is 0 Å². The maximum atomic E-state index is 7.10. The van der Waals surface area contributed by atoms with E-state index in [2.05, 4.69) is 171 Å². The predicted octanol–water partition coefficient (Wildman–Crippen LogP) is 14.7. The average Bonchev–Trinajstić information content (AvgIpc) is 3.15. The van der Waals surface area contributed by atoms with Gasteiger partial charge < -0.3 is 27.1 Å². The van der Waals surface area contributed by atoms with Gasteiger partial charge in [0, 0.05) is 0 Å². The van der Waals surface area contributed by atoms with E-state index in [-0.39, 0.29) is 50.1 Å². The summed E-state index contributed by atoms with van der Waals surface area (Å²) in [6.07, 6.45) is 4.52. The molecule has 0 amide bonds. The molecule has 1 spiro atoms. The largest absolute Gasteiger partial charge is 0.332 e. The van der Waals surface area contributed by atoms with Crippen molar-refractivity contribution in [3.8, 4) is 0 Å². The lowest BCUT2D eigenvalue weighted by Gasteiger charge is -2.55. The quantitative estimate of drug-likeness (QED) is 0.247. The molecule has 0 radical (unpaired) electrons. The number of benzene rings is 2. The summed E-state index contributed by atoms with van der Waals surface area (Å²) in [5.74, 6) is 2.49. The third kappa shape index (κ3) is 10.7. The fraction of sp³-hybridized carbons (Fsp3) is 0.765. The van der Waals surface area contributed by atoms with Gasteiger partial charge in [0.15, 0.2) is 0 Å². The third-order valence-corrected chi connectivity index (χ3v) is 17.8. The topological polar surface area (TPSA) is 55.4 Å². The van der Waals surface area contributed by atoms with Crippen molar-refractivity contribution in [1.29, 1.82) is 0 Å². The molecule has 2 aliphatic carbocycles. The lowest BCUT2D eigenvalue weighted by molar-refractivity contribution is -0.122. The molecule has 2 saturated heterocycles. The van der Waals surface area contributed by atoms with Crippen LogP contribution >= 0.6 is 17.2 Å². The third-order valence-electron chi connectivity index (χ3n) is 15.6. The molecule has 2 aliphatic heterocycles. The van der Waals surface area contributed by atoms with Crippen molar-refractivity contribution in [2.45, 2.75) is 160 Å². The molecule has 0 bridgehead atoms. The molecule has 4 unspecified atom stereocenters. The van der Waals surface area contributed by atoms with E-state index >= 15 is 0 Å². The summed E-state index contributed by atoms with van der Waals surface area (Å²) in [5, 5.41) is 0. The second-order valence-corrected chi connectivity index (χ2v) is 26.9. The zero-order valence-electron chi connectivity index (χ0n) is 39.9. The summed E-state index contributed by atoms with van der Waals surface area (Å²) in [7, 11) is -3.02. The molecule has 6 nitrogen and oxygen atoms in total. The van der Waals surface area contributed by atoms with Crippen molar-refractivity contribution in [2.24, 2.45) is 62.6 Å². The van der Waals surface area contributed by atoms with Crippen LogP contribution in [0.3, 0.4) is 0 Å². The predicted molar refractivity (Wildman–Crippen MR) is 246 cm³/mol. The average molecular weight is 853 g/mol. The Bertz CT molecular complexity index is 1460. The Morgan fingerprint density at radius 3 is 0.915 bits per heavy atom. The Hall–Kier alpha value is -0.940. The zero-order chi connectivity index (χ0) is 43.4. The molecule has 0 N–H and O–H groups in total. The van der Waals surface area contributed by atoms with Crippen LogP contribution in [0, 0.1) is 62.6 Å². The first-order valence-electron chi connectivity index (χ1n) is 22.8. The van der Waals surface area contributed by atoms with E-state index in [1.165, 1.54) is 11.1 Å². The molecule has 0 aromatic heterocycles. The Morgan fingerprint density at radius 1 is 0.424 bits per heavy atom. The molecule has 8 heteroatoms. The second-order valence-electron chi connectivity index (χ2n) is 24.6. The summed E-state index contributed by atoms with van der Waals surface area (Å²) in [6.45, 7) is 40.4. The summed E-state index contributed by atoms with van der Waals surface area (Å²) in [5.41, 5.74) is 2.81. The molecule has 4 fully saturated rings. The Kier molecular flexibility index (Phi) is 14.1. The number of rotatable bonds is 8. The smallest absolute Gasteiger partial charge is 0.311 e. The molecule has 59 heavy (non-hydrogen) atoms. The molecule has 332 valence electrons. The fourth-order valence-electron chi connectivity index (χ4n) is 11.0. The molecular formula is C51H82O6P2. The van der Waals surface area contributed by atoms with Gasteiger partial charge in [0.1, 0.15) is 0 Å². The zero-order valence-corrected chi connectivity index (χ0v) is 41.7. The second kappa shape index (κ2) is 17.6. The van der Waals surface area contributed by atoms with Crippen LogP contribution in [0.25, 0.3) is 0 Å². The molecule has 6 rings (SSSR count). The number of hydrogen-bond donors (Lipinski definition) is 0. The Balaban J connectivity index is 1.11. The molecule has 4 aliphatic rings. The van der Waals surface area contributed by atoms with Crippen LogP contribution in [0.1, 0.15) is 148 Å². The van der Waals surface area contributed by atoms with Crippen molar-refractivity contribution < 1.29 is 27.1 Å². The summed E-state index contributed by atoms with van der Waals surface area (Å²) < 4.78 is 40.5. The van der Waals surface area contributed by atoms with Crippen molar-refractivity contribution in [2.75, 3.05) is 26.4 Å². The minimum atomic E-state index is -1.51. The SMILES string of the molecule is CC(C)(C)C1CC(C(C)(C)c2ccccc2)CC(C(C)(C)C)C1OP1OCC2(CO1)COP(OC1C(C(C)(C)C)CC(C(C)(C)c3ccccc3)CC1C(C)(C)C)OC2. The monoisotopic (exact) mass is 853 g/mol. The van der Waals surface area contributed by atoms with Crippen LogP contribution < -0.4 is 0 Å². The van der Waals surface area contributed by atoms with Gasteiger partial charge in [0.05, 0.1) is 44.1 Å². The van der Waals surface area contributed by atoms with E-state index in [0.29, 0.717) is 61.9 Å². The highest BCUT2D eigenvalue weighted by atomic mass is 31.2. The molecule has 2 aromatic rings. The standard InChI is InChI=1S/C51H82O6P2/c1-45(2,3)39-27-37(49(13,14)35-23-19-17-20-24-35)28-40(46(4,5)6)43(39)56-58-52-31-51(32-53-58)33-54-59(55-34-51)57-44-41(47(7,8)9)29-38(30-42(44)48(10,11)12)50(15,16)36-25-21-18-22-26-36/h17-26,37-44H,27-34H2,1-16H3. The van der Waals surface area contributed by atoms with Crippen LogP contribution in [0.2, 0.25) is 0 Å². The van der Waals surface area contributed by atoms with Gasteiger partial charge in [0.2, 0.25) is 0 Å². The normalized spacial score (nSPS) is 34.5. The van der Waals surface area contributed by atoms with Gasteiger partial charge in [-0.3, -0.25) is 0 Å². The highest BCUT2D eigenvalue weighted by molar-refractivity contribution is 7.42. The molecule has 2 aromatic carbocycles. The van der Waals surface area contributed by atoms with E-state index in [0.717, 1.165) is 25.7 Å². The van der Waals surface area contributed by atoms with E-state index in [4.69, 9.17) is 27.1 Å². The van der Waals surface area contributed by atoms with Gasteiger partial charge in [-0.05, 0) is 105 Å². The summed E-state index contributed by atoms with van der Waals surface area (Å²) in [6, 6.07) is 22.2. The number of hydrogen-bond acceptors (Lipinski definition) is 6. The first-order valence-corrected chi connectivity index (χ1v) is 25.0. The van der Waals surface area contributed by atoms with E-state index in [1.807, 2.05) is 0 Å². The highest BCUT2D eigenvalue weighted by Crippen LogP contribution is 2.62. The van der Waals surface area contributed by atoms with Crippen LogP contribution in [0.15, 0.2) is 60.7 Å². The first kappa shape index (κ1) is 47.5. The Morgan fingerprint density at radius 2 is 0.678 bits per heavy atom. The molecule has 2 saturated carbocycles. The maximum absolute atomic E-state index is 7.10.